The highest BCUT2D eigenvalue weighted by molar-refractivity contribution is 7.13. The highest BCUT2D eigenvalue weighted by atomic mass is 32.1. The average Bonchev–Trinajstić information content (AvgIpc) is 3.24. The number of nitrogens with one attached hydrogen (secondary N) is 1. The molecule has 0 aliphatic carbocycles. The van der Waals surface area contributed by atoms with Gasteiger partial charge in [0.05, 0.1) is 16.1 Å². The molecule has 2 aromatic heterocycles. The van der Waals surface area contributed by atoms with Crippen molar-refractivity contribution in [3.05, 3.63) is 53.2 Å². The molecule has 1 aromatic carbocycles. The predicted molar refractivity (Wildman–Crippen MR) is 86.0 cm³/mol. The molecule has 0 saturated carbocycles. The van der Waals surface area contributed by atoms with Gasteiger partial charge in [0, 0.05) is 12.8 Å². The third-order valence-electron chi connectivity index (χ3n) is 3.28. The number of rotatable bonds is 5. The second kappa shape index (κ2) is 7.06. The summed E-state index contributed by atoms with van der Waals surface area (Å²) < 4.78 is 43.8. The van der Waals surface area contributed by atoms with Gasteiger partial charge in [-0.15, -0.1) is 11.3 Å². The minimum Gasteiger partial charge on any atom is -0.339 e. The first-order valence-electron chi connectivity index (χ1n) is 7.26. The molecule has 25 heavy (non-hydrogen) atoms. The molecule has 3 rings (SSSR count). The van der Waals surface area contributed by atoms with E-state index in [2.05, 4.69) is 15.5 Å². The summed E-state index contributed by atoms with van der Waals surface area (Å²) in [6.45, 7) is 0. The number of carbonyl (C=O) groups excluding carboxylic acids is 1. The van der Waals surface area contributed by atoms with E-state index in [-0.39, 0.29) is 24.4 Å². The van der Waals surface area contributed by atoms with Crippen LogP contribution in [0.1, 0.15) is 17.9 Å². The summed E-state index contributed by atoms with van der Waals surface area (Å²) in [5.74, 6) is 0.114. The van der Waals surface area contributed by atoms with Crippen LogP contribution in [0.3, 0.4) is 0 Å². The normalized spacial score (nSPS) is 11.5. The maximum Gasteiger partial charge on any atom is 0.418 e. The molecule has 3 aromatic rings. The summed E-state index contributed by atoms with van der Waals surface area (Å²) in [4.78, 5) is 16.9. The van der Waals surface area contributed by atoms with E-state index in [1.807, 2.05) is 17.5 Å². The van der Waals surface area contributed by atoms with Crippen molar-refractivity contribution in [2.45, 2.75) is 19.0 Å². The van der Waals surface area contributed by atoms with Gasteiger partial charge in [-0.1, -0.05) is 23.4 Å². The first kappa shape index (κ1) is 17.2. The Morgan fingerprint density at radius 2 is 2.00 bits per heavy atom. The summed E-state index contributed by atoms with van der Waals surface area (Å²) in [7, 11) is 0. The summed E-state index contributed by atoms with van der Waals surface area (Å²) in [5, 5.41) is 7.96. The lowest BCUT2D eigenvalue weighted by Crippen LogP contribution is -2.16. The van der Waals surface area contributed by atoms with E-state index >= 15 is 0 Å². The van der Waals surface area contributed by atoms with Gasteiger partial charge in [0.2, 0.25) is 17.6 Å². The van der Waals surface area contributed by atoms with Crippen LogP contribution < -0.4 is 5.32 Å². The molecule has 0 saturated heterocycles. The molecule has 0 atom stereocenters. The number of amides is 1. The van der Waals surface area contributed by atoms with Crippen molar-refractivity contribution in [3.63, 3.8) is 0 Å². The maximum atomic E-state index is 12.9. The van der Waals surface area contributed by atoms with E-state index < -0.39 is 17.6 Å². The van der Waals surface area contributed by atoms with Crippen LogP contribution in [0.25, 0.3) is 10.7 Å². The molecule has 0 radical (unpaired) electrons. The lowest BCUT2D eigenvalue weighted by Gasteiger charge is -2.13. The molecular formula is C16H12F3N3O2S. The number of halogens is 3. The molecule has 1 amide bonds. The fraction of sp³-hybridized carbons (Fsp3) is 0.188. The van der Waals surface area contributed by atoms with Gasteiger partial charge in [0.25, 0.3) is 0 Å². The van der Waals surface area contributed by atoms with Crippen LogP contribution >= 0.6 is 11.3 Å². The van der Waals surface area contributed by atoms with Crippen LogP contribution in [0.2, 0.25) is 0 Å². The second-order valence-corrected chi connectivity index (χ2v) is 6.03. The number of para-hydroxylation sites is 1. The summed E-state index contributed by atoms with van der Waals surface area (Å²) in [5.41, 5.74) is -1.16. The van der Waals surface area contributed by atoms with Gasteiger partial charge in [-0.05, 0) is 23.6 Å². The van der Waals surface area contributed by atoms with Crippen LogP contribution in [0.5, 0.6) is 0 Å². The minimum atomic E-state index is -4.54. The monoisotopic (exact) mass is 367 g/mol. The van der Waals surface area contributed by atoms with Gasteiger partial charge >= 0.3 is 6.18 Å². The van der Waals surface area contributed by atoms with Gasteiger partial charge in [0.1, 0.15) is 0 Å². The standard InChI is InChI=1S/C16H12F3N3O2S/c17-16(18,19)10-4-1-2-5-11(10)20-13(23)7-8-14-21-15(22-24-14)12-6-3-9-25-12/h1-6,9H,7-8H2,(H,20,23). The Bertz CT molecular complexity index is 860. The van der Waals surface area contributed by atoms with Gasteiger partial charge < -0.3 is 9.84 Å². The van der Waals surface area contributed by atoms with Crippen molar-refractivity contribution in [1.29, 1.82) is 0 Å². The lowest BCUT2D eigenvalue weighted by molar-refractivity contribution is -0.137. The summed E-state index contributed by atoms with van der Waals surface area (Å²) in [6.07, 6.45) is -4.47. The van der Waals surface area contributed by atoms with Crippen LogP contribution in [0, 0.1) is 0 Å². The van der Waals surface area contributed by atoms with Crippen molar-refractivity contribution in [3.8, 4) is 10.7 Å². The molecule has 130 valence electrons. The molecule has 9 heteroatoms. The number of nitrogens with zero attached hydrogens (tertiary/aromatic N) is 2. The van der Waals surface area contributed by atoms with Crippen molar-refractivity contribution >= 4 is 22.9 Å². The number of benzene rings is 1. The maximum absolute atomic E-state index is 12.9. The predicted octanol–water partition coefficient (Wildman–Crippen LogP) is 4.39. The molecule has 0 bridgehead atoms. The van der Waals surface area contributed by atoms with Crippen molar-refractivity contribution in [2.24, 2.45) is 0 Å². The largest absolute Gasteiger partial charge is 0.418 e. The van der Waals surface area contributed by atoms with Gasteiger partial charge in [0.15, 0.2) is 0 Å². The fourth-order valence-electron chi connectivity index (χ4n) is 2.13. The number of hydrogen-bond acceptors (Lipinski definition) is 5. The second-order valence-electron chi connectivity index (χ2n) is 5.08. The highest BCUT2D eigenvalue weighted by Crippen LogP contribution is 2.34. The average molecular weight is 367 g/mol. The molecule has 0 aliphatic heterocycles. The third-order valence-corrected chi connectivity index (χ3v) is 4.15. The summed E-state index contributed by atoms with van der Waals surface area (Å²) >= 11 is 1.45. The van der Waals surface area contributed by atoms with E-state index in [0.29, 0.717) is 5.82 Å². The molecule has 0 spiro atoms. The molecular weight excluding hydrogens is 355 g/mol. The Kier molecular flexibility index (Phi) is 4.84. The van der Waals surface area contributed by atoms with Crippen LogP contribution in [-0.2, 0) is 17.4 Å². The van der Waals surface area contributed by atoms with Gasteiger partial charge in [-0.3, -0.25) is 4.79 Å². The Balaban J connectivity index is 1.61. The number of hydrogen-bond donors (Lipinski definition) is 1. The number of aromatic nitrogens is 2. The Morgan fingerprint density at radius 1 is 1.20 bits per heavy atom. The topological polar surface area (TPSA) is 68.0 Å². The molecule has 0 aliphatic rings. The Morgan fingerprint density at radius 3 is 2.72 bits per heavy atom. The van der Waals surface area contributed by atoms with Crippen molar-refractivity contribution in [2.75, 3.05) is 5.32 Å². The number of thiophene rings is 1. The van der Waals surface area contributed by atoms with Gasteiger partial charge in [-0.2, -0.15) is 18.2 Å². The van der Waals surface area contributed by atoms with E-state index in [1.165, 1.54) is 29.5 Å². The molecule has 5 nitrogen and oxygen atoms in total. The number of carbonyl (C=O) groups is 1. The van der Waals surface area contributed by atoms with Crippen LogP contribution in [0.15, 0.2) is 46.3 Å². The molecule has 2 heterocycles. The van der Waals surface area contributed by atoms with Crippen LogP contribution in [-0.4, -0.2) is 16.0 Å². The lowest BCUT2D eigenvalue weighted by atomic mass is 10.1. The van der Waals surface area contributed by atoms with Crippen molar-refractivity contribution in [1.82, 2.24) is 10.1 Å². The minimum absolute atomic E-state index is 0.0712. The fourth-order valence-corrected chi connectivity index (χ4v) is 2.78. The number of anilines is 1. The quantitative estimate of drug-likeness (QED) is 0.726. The third kappa shape index (κ3) is 4.24. The van der Waals surface area contributed by atoms with Gasteiger partial charge in [-0.25, -0.2) is 0 Å². The smallest absolute Gasteiger partial charge is 0.339 e. The van der Waals surface area contributed by atoms with E-state index in [1.54, 1.807) is 0 Å². The molecule has 0 fully saturated rings. The zero-order valence-corrected chi connectivity index (χ0v) is 13.5. The van der Waals surface area contributed by atoms with E-state index in [0.717, 1.165) is 10.9 Å². The van der Waals surface area contributed by atoms with E-state index in [4.69, 9.17) is 4.52 Å². The highest BCUT2D eigenvalue weighted by Gasteiger charge is 2.33. The van der Waals surface area contributed by atoms with Crippen molar-refractivity contribution < 1.29 is 22.5 Å². The Hall–Kier alpha value is -2.68. The number of alkyl halides is 3. The van der Waals surface area contributed by atoms with E-state index in [9.17, 15) is 18.0 Å². The molecule has 0 unspecified atom stereocenters. The first-order chi connectivity index (χ1) is 11.9. The van der Waals surface area contributed by atoms with Crippen LogP contribution in [0.4, 0.5) is 18.9 Å². The SMILES string of the molecule is O=C(CCc1nc(-c2cccs2)no1)Nc1ccccc1C(F)(F)F. The zero-order valence-electron chi connectivity index (χ0n) is 12.7. The Labute approximate surface area is 144 Å². The first-order valence-corrected chi connectivity index (χ1v) is 8.14. The zero-order chi connectivity index (χ0) is 17.9. The molecule has 1 N–H and O–H groups in total. The summed E-state index contributed by atoms with van der Waals surface area (Å²) in [6, 6.07) is 8.50. The number of aryl methyl sites for hydroxylation is 1.